The van der Waals surface area contributed by atoms with Gasteiger partial charge in [-0.15, -0.1) is 0 Å². The predicted molar refractivity (Wildman–Crippen MR) is 108 cm³/mol. The third-order valence-corrected chi connectivity index (χ3v) is 4.80. The summed E-state index contributed by atoms with van der Waals surface area (Å²) >= 11 is 11.9. The number of hydrogen-bond acceptors (Lipinski definition) is 4. The number of ether oxygens (including phenoxy) is 1. The molecule has 0 aliphatic heterocycles. The van der Waals surface area contributed by atoms with Crippen molar-refractivity contribution in [3.05, 3.63) is 69.4 Å². The van der Waals surface area contributed by atoms with Crippen LogP contribution in [-0.2, 0) is 13.2 Å². The quantitative estimate of drug-likeness (QED) is 0.570. The first kappa shape index (κ1) is 20.3. The molecule has 0 fully saturated rings. The van der Waals surface area contributed by atoms with E-state index in [0.717, 1.165) is 17.8 Å². The molecule has 0 saturated heterocycles. The van der Waals surface area contributed by atoms with Gasteiger partial charge in [0.1, 0.15) is 18.1 Å². The fourth-order valence-corrected chi connectivity index (χ4v) is 3.25. The van der Waals surface area contributed by atoms with E-state index in [-0.39, 0.29) is 24.3 Å². The first-order valence-corrected chi connectivity index (χ1v) is 9.64. The Kier molecular flexibility index (Phi) is 6.31. The van der Waals surface area contributed by atoms with Crippen LogP contribution in [0.1, 0.15) is 47.5 Å². The van der Waals surface area contributed by atoms with Crippen LogP contribution in [0.15, 0.2) is 40.9 Å². The van der Waals surface area contributed by atoms with Crippen molar-refractivity contribution in [1.82, 2.24) is 15.1 Å². The van der Waals surface area contributed by atoms with Gasteiger partial charge in [0.25, 0.3) is 5.91 Å². The van der Waals surface area contributed by atoms with Gasteiger partial charge in [-0.05, 0) is 51.1 Å². The van der Waals surface area contributed by atoms with Gasteiger partial charge in [0.2, 0.25) is 0 Å². The van der Waals surface area contributed by atoms with Crippen molar-refractivity contribution in [3.63, 3.8) is 0 Å². The minimum atomic E-state index is -0.299. The van der Waals surface area contributed by atoms with Gasteiger partial charge in [-0.3, -0.25) is 9.48 Å². The van der Waals surface area contributed by atoms with Crippen LogP contribution in [0.5, 0.6) is 5.75 Å². The Labute approximate surface area is 173 Å². The number of amides is 1. The SMILES string of the molecule is CCn1cc(C(C)NC(=O)c2ccc(COc3ccc(Cl)cc3Cl)o2)c(C)n1. The maximum absolute atomic E-state index is 12.5. The molecule has 28 heavy (non-hydrogen) atoms. The van der Waals surface area contributed by atoms with E-state index in [0.29, 0.717) is 21.6 Å². The largest absolute Gasteiger partial charge is 0.484 e. The second-order valence-electron chi connectivity index (χ2n) is 6.35. The van der Waals surface area contributed by atoms with E-state index in [1.54, 1.807) is 30.3 Å². The van der Waals surface area contributed by atoms with Gasteiger partial charge in [0.15, 0.2) is 5.76 Å². The van der Waals surface area contributed by atoms with Crippen molar-refractivity contribution in [2.75, 3.05) is 0 Å². The molecule has 8 heteroatoms. The van der Waals surface area contributed by atoms with Gasteiger partial charge in [-0.2, -0.15) is 5.10 Å². The average molecular weight is 422 g/mol. The van der Waals surface area contributed by atoms with Crippen molar-refractivity contribution in [1.29, 1.82) is 0 Å². The number of aromatic nitrogens is 2. The first-order chi connectivity index (χ1) is 13.4. The predicted octanol–water partition coefficient (Wildman–Crippen LogP) is 5.18. The minimum absolute atomic E-state index is 0.145. The summed E-state index contributed by atoms with van der Waals surface area (Å²) in [5.74, 6) is 0.921. The van der Waals surface area contributed by atoms with Crippen molar-refractivity contribution in [2.45, 2.75) is 40.0 Å². The molecule has 2 aromatic heterocycles. The van der Waals surface area contributed by atoms with Gasteiger partial charge >= 0.3 is 0 Å². The van der Waals surface area contributed by atoms with Gasteiger partial charge in [-0.25, -0.2) is 0 Å². The molecule has 3 aromatic rings. The van der Waals surface area contributed by atoms with Crippen molar-refractivity contribution in [2.24, 2.45) is 0 Å². The van der Waals surface area contributed by atoms with Crippen molar-refractivity contribution in [3.8, 4) is 5.75 Å². The van der Waals surface area contributed by atoms with Gasteiger partial charge in [0, 0.05) is 23.3 Å². The van der Waals surface area contributed by atoms with Crippen LogP contribution in [0.2, 0.25) is 10.0 Å². The standard InChI is InChI=1S/C20H21Cl2N3O3/c1-4-25-10-16(13(3)24-25)12(2)23-20(26)19-8-6-15(28-19)11-27-18-7-5-14(21)9-17(18)22/h5-10,12H,4,11H2,1-3H3,(H,23,26). The van der Waals surface area contributed by atoms with Gasteiger partial charge in [-0.1, -0.05) is 23.2 Å². The number of rotatable bonds is 7. The number of nitrogens with zero attached hydrogens (tertiary/aromatic N) is 2. The van der Waals surface area contributed by atoms with E-state index in [2.05, 4.69) is 10.4 Å². The zero-order valence-electron chi connectivity index (χ0n) is 15.8. The van der Waals surface area contributed by atoms with Crippen LogP contribution in [-0.4, -0.2) is 15.7 Å². The molecule has 0 aliphatic carbocycles. The van der Waals surface area contributed by atoms with Crippen LogP contribution >= 0.6 is 23.2 Å². The number of benzene rings is 1. The van der Waals surface area contributed by atoms with E-state index in [4.69, 9.17) is 32.4 Å². The minimum Gasteiger partial charge on any atom is -0.484 e. The molecule has 0 aliphatic rings. The van der Waals surface area contributed by atoms with E-state index in [1.165, 1.54) is 0 Å². The summed E-state index contributed by atoms with van der Waals surface area (Å²) in [7, 11) is 0. The number of hydrogen-bond donors (Lipinski definition) is 1. The Morgan fingerprint density at radius 1 is 1.32 bits per heavy atom. The fraction of sp³-hybridized carbons (Fsp3) is 0.300. The Morgan fingerprint density at radius 2 is 2.11 bits per heavy atom. The topological polar surface area (TPSA) is 69.3 Å². The molecule has 6 nitrogen and oxygen atoms in total. The third kappa shape index (κ3) is 4.69. The average Bonchev–Trinajstić information content (AvgIpc) is 3.27. The molecule has 2 heterocycles. The van der Waals surface area contributed by atoms with E-state index < -0.39 is 0 Å². The lowest BCUT2D eigenvalue weighted by atomic mass is 10.1. The van der Waals surface area contributed by atoms with Crippen LogP contribution in [0.3, 0.4) is 0 Å². The lowest BCUT2D eigenvalue weighted by molar-refractivity contribution is 0.0907. The molecular weight excluding hydrogens is 401 g/mol. The summed E-state index contributed by atoms with van der Waals surface area (Å²) in [5.41, 5.74) is 1.87. The highest BCUT2D eigenvalue weighted by Crippen LogP contribution is 2.28. The van der Waals surface area contributed by atoms with E-state index >= 15 is 0 Å². The number of aryl methyl sites for hydroxylation is 2. The second-order valence-corrected chi connectivity index (χ2v) is 7.19. The van der Waals surface area contributed by atoms with Crippen LogP contribution in [0.25, 0.3) is 0 Å². The third-order valence-electron chi connectivity index (χ3n) is 4.27. The maximum atomic E-state index is 12.5. The summed E-state index contributed by atoms with van der Waals surface area (Å²) < 4.78 is 13.1. The smallest absolute Gasteiger partial charge is 0.287 e. The summed E-state index contributed by atoms with van der Waals surface area (Å²) in [4.78, 5) is 12.5. The van der Waals surface area contributed by atoms with Crippen LogP contribution in [0, 0.1) is 6.92 Å². The van der Waals surface area contributed by atoms with Crippen LogP contribution in [0.4, 0.5) is 0 Å². The van der Waals surface area contributed by atoms with E-state index in [9.17, 15) is 4.79 Å². The lowest BCUT2D eigenvalue weighted by Crippen LogP contribution is -2.26. The molecule has 1 amide bonds. The van der Waals surface area contributed by atoms with Gasteiger partial charge in [0.05, 0.1) is 16.8 Å². The number of halogens is 2. The number of carbonyl (C=O) groups excluding carboxylic acids is 1. The monoisotopic (exact) mass is 421 g/mol. The second kappa shape index (κ2) is 8.71. The Bertz CT molecular complexity index is 981. The highest BCUT2D eigenvalue weighted by Gasteiger charge is 2.18. The highest BCUT2D eigenvalue weighted by atomic mass is 35.5. The zero-order chi connectivity index (χ0) is 20.3. The normalized spacial score (nSPS) is 12.0. The molecule has 1 unspecified atom stereocenters. The first-order valence-electron chi connectivity index (χ1n) is 8.88. The molecule has 1 aromatic carbocycles. The van der Waals surface area contributed by atoms with E-state index in [1.807, 2.05) is 31.6 Å². The number of furan rings is 1. The Morgan fingerprint density at radius 3 is 2.79 bits per heavy atom. The molecular formula is C20H21Cl2N3O3. The molecule has 0 spiro atoms. The summed E-state index contributed by atoms with van der Waals surface area (Å²) in [6.45, 7) is 6.78. The zero-order valence-corrected chi connectivity index (χ0v) is 17.3. The fourth-order valence-electron chi connectivity index (χ4n) is 2.78. The van der Waals surface area contributed by atoms with Gasteiger partial charge < -0.3 is 14.5 Å². The molecule has 0 saturated carbocycles. The maximum Gasteiger partial charge on any atom is 0.287 e. The number of nitrogens with one attached hydrogen (secondary N) is 1. The molecule has 3 rings (SSSR count). The molecule has 148 valence electrons. The van der Waals surface area contributed by atoms with Crippen LogP contribution < -0.4 is 10.1 Å². The Hall–Kier alpha value is -2.44. The highest BCUT2D eigenvalue weighted by molar-refractivity contribution is 6.35. The summed E-state index contributed by atoms with van der Waals surface area (Å²) in [6, 6.07) is 8.10. The Balaban J connectivity index is 1.61. The van der Waals surface area contributed by atoms with Crippen molar-refractivity contribution >= 4 is 29.1 Å². The van der Waals surface area contributed by atoms with Crippen molar-refractivity contribution < 1.29 is 13.9 Å². The molecule has 1 N–H and O–H groups in total. The molecule has 0 bridgehead atoms. The molecule has 0 radical (unpaired) electrons. The number of carbonyl (C=O) groups is 1. The summed E-state index contributed by atoms with van der Waals surface area (Å²) in [5, 5.41) is 8.28. The lowest BCUT2D eigenvalue weighted by Gasteiger charge is -2.12. The molecule has 1 atom stereocenters. The summed E-state index contributed by atoms with van der Waals surface area (Å²) in [6.07, 6.45) is 1.94.